The van der Waals surface area contributed by atoms with Crippen molar-refractivity contribution in [1.82, 2.24) is 0 Å². The minimum Gasteiger partial charge on any atom is -0.464 e. The Morgan fingerprint density at radius 2 is 1.86 bits per heavy atom. The van der Waals surface area contributed by atoms with E-state index < -0.39 is 8.32 Å². The molecule has 0 aromatic heterocycles. The molecule has 0 rings (SSSR count). The third kappa shape index (κ3) is 6.15. The van der Waals surface area contributed by atoms with Gasteiger partial charge in [-0.2, -0.15) is 0 Å². The van der Waals surface area contributed by atoms with Crippen LogP contribution in [0.1, 0.15) is 26.7 Å². The van der Waals surface area contributed by atoms with E-state index in [2.05, 4.69) is 19.6 Å². The van der Waals surface area contributed by atoms with Crippen molar-refractivity contribution in [2.75, 3.05) is 6.61 Å². The fraction of sp³-hybridized carbons (Fsp3) is 0.900. The largest absolute Gasteiger partial charge is 0.464 e. The van der Waals surface area contributed by atoms with Crippen LogP contribution in [0.4, 0.5) is 0 Å². The average molecular weight is 218 g/mol. The molecule has 0 amide bonds. The van der Waals surface area contributed by atoms with Crippen LogP contribution in [-0.4, -0.2) is 27.0 Å². The normalized spacial score (nSPS) is 13.8. The third-order valence-corrected chi connectivity index (χ3v) is 2.59. The van der Waals surface area contributed by atoms with E-state index in [1.165, 1.54) is 0 Å². The number of ether oxygens (including phenoxy) is 1. The van der Waals surface area contributed by atoms with Gasteiger partial charge in [0.1, 0.15) is 6.10 Å². The van der Waals surface area contributed by atoms with Gasteiger partial charge in [-0.1, -0.05) is 13.3 Å². The summed E-state index contributed by atoms with van der Waals surface area (Å²) in [5, 5.41) is 0. The zero-order valence-corrected chi connectivity index (χ0v) is 10.9. The molecule has 0 aromatic rings. The van der Waals surface area contributed by atoms with Crippen molar-refractivity contribution in [3.05, 3.63) is 0 Å². The number of carbonyl (C=O) groups excluding carboxylic acids is 1. The summed E-state index contributed by atoms with van der Waals surface area (Å²) in [7, 11) is -1.65. The van der Waals surface area contributed by atoms with E-state index in [1.54, 1.807) is 0 Å². The fourth-order valence-corrected chi connectivity index (χ4v) is 2.22. The van der Waals surface area contributed by atoms with Gasteiger partial charge in [-0.15, -0.1) is 0 Å². The van der Waals surface area contributed by atoms with Gasteiger partial charge in [0.05, 0.1) is 6.61 Å². The minimum atomic E-state index is -1.65. The van der Waals surface area contributed by atoms with Crippen LogP contribution in [0.5, 0.6) is 0 Å². The zero-order valence-electron chi connectivity index (χ0n) is 9.92. The summed E-state index contributed by atoms with van der Waals surface area (Å²) in [5.41, 5.74) is 0. The number of carbonyl (C=O) groups is 1. The van der Waals surface area contributed by atoms with E-state index in [0.717, 1.165) is 12.8 Å². The summed E-state index contributed by atoms with van der Waals surface area (Å²) in [5.74, 6) is -0.211. The van der Waals surface area contributed by atoms with Crippen molar-refractivity contribution >= 4 is 14.3 Å². The Hall–Kier alpha value is -0.353. The molecule has 0 heterocycles. The van der Waals surface area contributed by atoms with Gasteiger partial charge in [-0.25, -0.2) is 4.79 Å². The van der Waals surface area contributed by atoms with Gasteiger partial charge in [0.25, 0.3) is 0 Å². The predicted octanol–water partition coefficient (Wildman–Crippen LogP) is 2.57. The molecule has 0 bridgehead atoms. The maximum absolute atomic E-state index is 11.5. The maximum Gasteiger partial charge on any atom is 0.333 e. The third-order valence-electron chi connectivity index (χ3n) is 1.60. The first-order valence-electron chi connectivity index (χ1n) is 5.25. The van der Waals surface area contributed by atoms with Crippen LogP contribution in [0.3, 0.4) is 0 Å². The Kier molecular flexibility index (Phi) is 6.03. The number of esters is 1. The van der Waals surface area contributed by atoms with Gasteiger partial charge < -0.3 is 9.16 Å². The highest BCUT2D eigenvalue weighted by Gasteiger charge is 2.26. The monoisotopic (exact) mass is 218 g/mol. The van der Waals surface area contributed by atoms with Crippen LogP contribution in [-0.2, 0) is 14.0 Å². The van der Waals surface area contributed by atoms with Crippen LogP contribution < -0.4 is 0 Å². The molecule has 1 atom stereocenters. The number of hydrogen-bond acceptors (Lipinski definition) is 3. The van der Waals surface area contributed by atoms with Crippen LogP contribution in [0, 0.1) is 0 Å². The van der Waals surface area contributed by atoms with Crippen molar-refractivity contribution in [2.45, 2.75) is 52.4 Å². The highest BCUT2D eigenvalue weighted by Crippen LogP contribution is 2.13. The quantitative estimate of drug-likeness (QED) is 0.508. The first-order valence-corrected chi connectivity index (χ1v) is 8.66. The molecule has 0 aliphatic carbocycles. The standard InChI is InChI=1S/C10H22O3Si/c1-6-8-9(10(11)12-7-2)13-14(3,4)5/h9H,6-8H2,1-5H3. The van der Waals surface area contributed by atoms with Gasteiger partial charge in [0, 0.05) is 0 Å². The first kappa shape index (κ1) is 13.6. The van der Waals surface area contributed by atoms with Crippen LogP contribution in [0.25, 0.3) is 0 Å². The van der Waals surface area contributed by atoms with Gasteiger partial charge in [-0.05, 0) is 33.0 Å². The van der Waals surface area contributed by atoms with Crippen molar-refractivity contribution in [2.24, 2.45) is 0 Å². The molecule has 0 fully saturated rings. The summed E-state index contributed by atoms with van der Waals surface area (Å²) < 4.78 is 10.7. The maximum atomic E-state index is 11.5. The Bertz CT molecular complexity index is 175. The zero-order chi connectivity index (χ0) is 11.2. The molecule has 0 saturated heterocycles. The molecule has 0 radical (unpaired) electrons. The lowest BCUT2D eigenvalue weighted by Gasteiger charge is -2.24. The molecule has 0 aliphatic heterocycles. The average Bonchev–Trinajstić information content (AvgIpc) is 2.01. The molecule has 84 valence electrons. The lowest BCUT2D eigenvalue weighted by Crippen LogP contribution is -2.37. The second-order valence-electron chi connectivity index (χ2n) is 4.26. The molecule has 1 unspecified atom stereocenters. The lowest BCUT2D eigenvalue weighted by molar-refractivity contribution is -0.152. The molecule has 3 nitrogen and oxygen atoms in total. The molecule has 0 saturated carbocycles. The summed E-state index contributed by atoms with van der Waals surface area (Å²) in [6.45, 7) is 10.5. The first-order chi connectivity index (χ1) is 6.40. The Morgan fingerprint density at radius 1 is 1.29 bits per heavy atom. The van der Waals surface area contributed by atoms with E-state index in [-0.39, 0.29) is 12.1 Å². The van der Waals surface area contributed by atoms with Gasteiger partial charge in [-0.3, -0.25) is 0 Å². The van der Waals surface area contributed by atoms with Crippen LogP contribution in [0.15, 0.2) is 0 Å². The topological polar surface area (TPSA) is 35.5 Å². The summed E-state index contributed by atoms with van der Waals surface area (Å²) in [6, 6.07) is 0. The van der Waals surface area contributed by atoms with E-state index >= 15 is 0 Å². The van der Waals surface area contributed by atoms with Gasteiger partial charge in [0.15, 0.2) is 8.32 Å². The van der Waals surface area contributed by atoms with Crippen molar-refractivity contribution in [1.29, 1.82) is 0 Å². The Balaban J connectivity index is 4.21. The highest BCUT2D eigenvalue weighted by atomic mass is 28.4. The van der Waals surface area contributed by atoms with Crippen molar-refractivity contribution in [3.8, 4) is 0 Å². The molecular weight excluding hydrogens is 196 g/mol. The Labute approximate surface area is 87.9 Å². The second-order valence-corrected chi connectivity index (χ2v) is 8.72. The van der Waals surface area contributed by atoms with E-state index in [0.29, 0.717) is 6.61 Å². The van der Waals surface area contributed by atoms with E-state index in [4.69, 9.17) is 9.16 Å². The Morgan fingerprint density at radius 3 is 2.21 bits per heavy atom. The van der Waals surface area contributed by atoms with Crippen LogP contribution in [0.2, 0.25) is 19.6 Å². The molecule has 14 heavy (non-hydrogen) atoms. The van der Waals surface area contributed by atoms with Crippen molar-refractivity contribution in [3.63, 3.8) is 0 Å². The lowest BCUT2D eigenvalue weighted by atomic mass is 10.2. The molecule has 0 N–H and O–H groups in total. The highest BCUT2D eigenvalue weighted by molar-refractivity contribution is 6.69. The van der Waals surface area contributed by atoms with Gasteiger partial charge in [0.2, 0.25) is 0 Å². The number of hydrogen-bond donors (Lipinski definition) is 0. The fourth-order valence-electron chi connectivity index (χ4n) is 1.15. The van der Waals surface area contributed by atoms with Crippen molar-refractivity contribution < 1.29 is 14.0 Å². The molecule has 4 heteroatoms. The van der Waals surface area contributed by atoms with E-state index in [1.807, 2.05) is 13.8 Å². The van der Waals surface area contributed by atoms with E-state index in [9.17, 15) is 4.79 Å². The second kappa shape index (κ2) is 6.19. The number of rotatable bonds is 6. The predicted molar refractivity (Wildman–Crippen MR) is 59.8 cm³/mol. The van der Waals surface area contributed by atoms with Gasteiger partial charge >= 0.3 is 5.97 Å². The minimum absolute atomic E-state index is 0.211. The molecular formula is C10H22O3Si. The molecule has 0 spiro atoms. The summed E-state index contributed by atoms with van der Waals surface area (Å²) >= 11 is 0. The molecule has 0 aliphatic rings. The smallest absolute Gasteiger partial charge is 0.333 e. The summed E-state index contributed by atoms with van der Waals surface area (Å²) in [4.78, 5) is 11.5. The molecule has 0 aromatic carbocycles. The summed E-state index contributed by atoms with van der Waals surface area (Å²) in [6.07, 6.45) is 1.34. The van der Waals surface area contributed by atoms with Crippen LogP contribution >= 0.6 is 0 Å². The SMILES string of the molecule is CCCC(O[Si](C)(C)C)C(=O)OCC.